The molecule has 1 amide bonds. The maximum atomic E-state index is 12.6. The van der Waals surface area contributed by atoms with E-state index in [2.05, 4.69) is 22.1 Å². The largest absolute Gasteiger partial charge is 0.507 e. The van der Waals surface area contributed by atoms with Crippen LogP contribution >= 0.6 is 11.3 Å². The van der Waals surface area contributed by atoms with Gasteiger partial charge in [0.15, 0.2) is 0 Å². The average Bonchev–Trinajstić information content (AvgIpc) is 3.07. The molecule has 0 spiro atoms. The Labute approximate surface area is 137 Å². The Morgan fingerprint density at radius 3 is 2.83 bits per heavy atom. The van der Waals surface area contributed by atoms with Crippen molar-refractivity contribution in [1.29, 1.82) is 0 Å². The molecule has 0 aliphatic carbocycles. The van der Waals surface area contributed by atoms with Crippen LogP contribution in [0.2, 0.25) is 0 Å². The van der Waals surface area contributed by atoms with Crippen LogP contribution < -0.4 is 4.90 Å². The normalized spacial score (nSPS) is 16.3. The van der Waals surface area contributed by atoms with Gasteiger partial charge in [-0.25, -0.2) is 9.89 Å². The minimum atomic E-state index is -0.259. The average molecular weight is 328 g/mol. The molecule has 7 heteroatoms. The van der Waals surface area contributed by atoms with Crippen LogP contribution in [0, 0.1) is 0 Å². The van der Waals surface area contributed by atoms with E-state index in [9.17, 15) is 9.90 Å². The lowest BCUT2D eigenvalue weighted by Crippen LogP contribution is -2.30. The van der Waals surface area contributed by atoms with Gasteiger partial charge in [-0.1, -0.05) is 36.5 Å². The standard InChI is InChI=1S/C16H16N4O2S/c1-3-6-14-18-19-16(23-14)20-10(2)17-12(15(20)22)9-11-7-4-5-8-13(11)21/h4-5,7-9,21H,3,6H2,1-2H3/b12-9-. The third-order valence-corrected chi connectivity index (χ3v) is 4.34. The van der Waals surface area contributed by atoms with Gasteiger partial charge < -0.3 is 5.11 Å². The molecule has 1 aliphatic heterocycles. The first-order valence-electron chi connectivity index (χ1n) is 7.32. The number of anilines is 1. The van der Waals surface area contributed by atoms with Crippen LogP contribution in [-0.2, 0) is 11.2 Å². The highest BCUT2D eigenvalue weighted by Gasteiger charge is 2.31. The summed E-state index contributed by atoms with van der Waals surface area (Å²) in [6.07, 6.45) is 3.40. The fourth-order valence-corrected chi connectivity index (χ4v) is 3.25. The number of para-hydroxylation sites is 1. The summed E-state index contributed by atoms with van der Waals surface area (Å²) in [5.41, 5.74) is 0.828. The number of carbonyl (C=O) groups excluding carboxylic acids is 1. The molecule has 0 bridgehead atoms. The third-order valence-electron chi connectivity index (χ3n) is 3.37. The summed E-state index contributed by atoms with van der Waals surface area (Å²) in [5, 5.41) is 19.5. The predicted molar refractivity (Wildman–Crippen MR) is 90.6 cm³/mol. The second kappa shape index (κ2) is 6.29. The Morgan fingerprint density at radius 2 is 2.09 bits per heavy atom. The lowest BCUT2D eigenvalue weighted by atomic mass is 10.1. The molecule has 0 saturated carbocycles. The molecule has 0 fully saturated rings. The number of aromatic nitrogens is 2. The minimum Gasteiger partial charge on any atom is -0.507 e. The van der Waals surface area contributed by atoms with Crippen molar-refractivity contribution in [3.63, 3.8) is 0 Å². The summed E-state index contributed by atoms with van der Waals surface area (Å²) in [6, 6.07) is 6.82. The molecule has 6 nitrogen and oxygen atoms in total. The number of phenolic OH excluding ortho intramolecular Hbond substituents is 1. The van der Waals surface area contributed by atoms with Crippen LogP contribution in [0.5, 0.6) is 5.75 Å². The summed E-state index contributed by atoms with van der Waals surface area (Å²) >= 11 is 1.40. The van der Waals surface area contributed by atoms with Gasteiger partial charge in [0.1, 0.15) is 22.3 Å². The van der Waals surface area contributed by atoms with Crippen molar-refractivity contribution in [3.8, 4) is 5.75 Å². The first kappa shape index (κ1) is 15.4. The molecular weight excluding hydrogens is 312 g/mol. The second-order valence-corrected chi connectivity index (χ2v) is 6.16. The van der Waals surface area contributed by atoms with Crippen LogP contribution in [0.3, 0.4) is 0 Å². The fraction of sp³-hybridized carbons (Fsp3) is 0.250. The Bertz CT molecular complexity index is 810. The van der Waals surface area contributed by atoms with Gasteiger partial charge in [0.2, 0.25) is 5.13 Å². The molecule has 1 aliphatic rings. The van der Waals surface area contributed by atoms with Crippen molar-refractivity contribution in [3.05, 3.63) is 40.5 Å². The Balaban J connectivity index is 1.90. The van der Waals surface area contributed by atoms with E-state index >= 15 is 0 Å². The zero-order valence-corrected chi connectivity index (χ0v) is 13.7. The van der Waals surface area contributed by atoms with Crippen molar-refractivity contribution in [2.75, 3.05) is 4.90 Å². The first-order valence-corrected chi connectivity index (χ1v) is 8.13. The van der Waals surface area contributed by atoms with Crippen LogP contribution in [0.1, 0.15) is 30.8 Å². The van der Waals surface area contributed by atoms with Crippen molar-refractivity contribution in [1.82, 2.24) is 10.2 Å². The van der Waals surface area contributed by atoms with Gasteiger partial charge in [0.25, 0.3) is 5.91 Å². The zero-order valence-electron chi connectivity index (χ0n) is 12.9. The van der Waals surface area contributed by atoms with Gasteiger partial charge in [-0.15, -0.1) is 10.2 Å². The van der Waals surface area contributed by atoms with E-state index < -0.39 is 0 Å². The number of hydrogen-bond acceptors (Lipinski definition) is 6. The number of nitrogens with zero attached hydrogens (tertiary/aromatic N) is 4. The lowest BCUT2D eigenvalue weighted by molar-refractivity contribution is -0.113. The molecule has 1 aromatic carbocycles. The highest BCUT2D eigenvalue weighted by molar-refractivity contribution is 7.15. The van der Waals surface area contributed by atoms with Crippen molar-refractivity contribution in [2.45, 2.75) is 26.7 Å². The zero-order chi connectivity index (χ0) is 16.4. The van der Waals surface area contributed by atoms with Crippen LogP contribution in [-0.4, -0.2) is 27.0 Å². The maximum absolute atomic E-state index is 12.6. The Hall–Kier alpha value is -2.54. The molecule has 23 heavy (non-hydrogen) atoms. The molecule has 1 aromatic heterocycles. The number of amides is 1. The van der Waals surface area contributed by atoms with E-state index in [0.29, 0.717) is 16.5 Å². The van der Waals surface area contributed by atoms with Gasteiger partial charge in [0, 0.05) is 12.0 Å². The van der Waals surface area contributed by atoms with Gasteiger partial charge in [0.05, 0.1) is 0 Å². The van der Waals surface area contributed by atoms with E-state index in [-0.39, 0.29) is 17.4 Å². The summed E-state index contributed by atoms with van der Waals surface area (Å²) < 4.78 is 0. The van der Waals surface area contributed by atoms with E-state index in [4.69, 9.17) is 0 Å². The fourth-order valence-electron chi connectivity index (χ4n) is 2.26. The van der Waals surface area contributed by atoms with Crippen LogP contribution in [0.4, 0.5) is 5.13 Å². The number of amidine groups is 1. The van der Waals surface area contributed by atoms with E-state index in [0.717, 1.165) is 17.8 Å². The highest BCUT2D eigenvalue weighted by Crippen LogP contribution is 2.29. The number of aliphatic imine (C=N–C) groups is 1. The molecular formula is C16H16N4O2S. The van der Waals surface area contributed by atoms with Crippen molar-refractivity contribution >= 4 is 34.3 Å². The van der Waals surface area contributed by atoms with Crippen LogP contribution in [0.25, 0.3) is 6.08 Å². The lowest BCUT2D eigenvalue weighted by Gasteiger charge is -2.10. The number of phenols is 1. The topological polar surface area (TPSA) is 78.7 Å². The maximum Gasteiger partial charge on any atom is 0.284 e. The number of benzene rings is 1. The Kier molecular flexibility index (Phi) is 4.20. The quantitative estimate of drug-likeness (QED) is 0.875. The van der Waals surface area contributed by atoms with Gasteiger partial charge >= 0.3 is 0 Å². The summed E-state index contributed by atoms with van der Waals surface area (Å²) in [4.78, 5) is 18.4. The SMILES string of the molecule is CCCc1nnc(N2C(=O)/C(=C/c3ccccc3O)N=C2C)s1. The van der Waals surface area contributed by atoms with Crippen molar-refractivity contribution in [2.24, 2.45) is 4.99 Å². The highest BCUT2D eigenvalue weighted by atomic mass is 32.1. The van der Waals surface area contributed by atoms with Gasteiger partial charge in [-0.2, -0.15) is 0 Å². The molecule has 0 atom stereocenters. The summed E-state index contributed by atoms with van der Waals surface area (Å²) in [6.45, 7) is 3.83. The minimum absolute atomic E-state index is 0.111. The van der Waals surface area contributed by atoms with Gasteiger partial charge in [-0.3, -0.25) is 4.79 Å². The molecule has 0 saturated heterocycles. The monoisotopic (exact) mass is 328 g/mol. The molecule has 118 valence electrons. The van der Waals surface area contributed by atoms with E-state index in [1.807, 2.05) is 0 Å². The summed E-state index contributed by atoms with van der Waals surface area (Å²) in [7, 11) is 0. The molecule has 0 radical (unpaired) electrons. The molecule has 0 unspecified atom stereocenters. The third kappa shape index (κ3) is 3.00. The van der Waals surface area contributed by atoms with Crippen molar-refractivity contribution < 1.29 is 9.90 Å². The first-order chi connectivity index (χ1) is 11.1. The van der Waals surface area contributed by atoms with Crippen LogP contribution in [0.15, 0.2) is 35.0 Å². The molecule has 1 N–H and O–H groups in total. The molecule has 2 aromatic rings. The second-order valence-electron chi connectivity index (χ2n) is 5.12. The number of aromatic hydroxyl groups is 1. The number of hydrogen-bond donors (Lipinski definition) is 1. The molecule has 2 heterocycles. The number of rotatable bonds is 4. The smallest absolute Gasteiger partial charge is 0.284 e. The predicted octanol–water partition coefficient (Wildman–Crippen LogP) is 3.00. The molecule has 3 rings (SSSR count). The Morgan fingerprint density at radius 1 is 1.30 bits per heavy atom. The van der Waals surface area contributed by atoms with E-state index in [1.54, 1.807) is 37.3 Å². The summed E-state index contributed by atoms with van der Waals surface area (Å²) in [5.74, 6) is 0.404. The van der Waals surface area contributed by atoms with E-state index in [1.165, 1.54) is 16.2 Å². The number of aryl methyl sites for hydroxylation is 1. The number of carbonyl (C=O) groups is 1. The van der Waals surface area contributed by atoms with Gasteiger partial charge in [-0.05, 0) is 25.5 Å².